The number of hydrogen-bond acceptors (Lipinski definition) is 2. The first kappa shape index (κ1) is 14.7. The molecule has 0 amide bonds. The first-order valence-electron chi connectivity index (χ1n) is 5.59. The van der Waals surface area contributed by atoms with Crippen molar-refractivity contribution < 1.29 is 13.0 Å². The van der Waals surface area contributed by atoms with Crippen molar-refractivity contribution in [1.29, 1.82) is 0 Å². The summed E-state index contributed by atoms with van der Waals surface area (Å²) in [7, 11) is -4.22. The fourth-order valence-corrected chi connectivity index (χ4v) is 2.66. The zero-order valence-corrected chi connectivity index (χ0v) is 11.9. The number of hydrogen-bond donors (Lipinski definition) is 1. The van der Waals surface area contributed by atoms with E-state index < -0.39 is 10.1 Å². The maximum absolute atomic E-state index is 11.4. The molecule has 1 N–H and O–H groups in total. The van der Waals surface area contributed by atoms with Gasteiger partial charge < -0.3 is 0 Å². The van der Waals surface area contributed by atoms with Gasteiger partial charge in [-0.15, -0.1) is 0 Å². The van der Waals surface area contributed by atoms with E-state index in [-0.39, 0.29) is 4.90 Å². The topological polar surface area (TPSA) is 54.4 Å². The van der Waals surface area contributed by atoms with Crippen LogP contribution in [0, 0.1) is 6.92 Å². The fourth-order valence-electron chi connectivity index (χ4n) is 1.82. The van der Waals surface area contributed by atoms with Gasteiger partial charge in [0.05, 0.1) is 0 Å². The highest BCUT2D eigenvalue weighted by atomic mass is 32.2. The van der Waals surface area contributed by atoms with Crippen molar-refractivity contribution in [1.82, 2.24) is 0 Å². The van der Waals surface area contributed by atoms with E-state index in [0.29, 0.717) is 5.22 Å². The molecule has 0 aliphatic rings. The Balaban J connectivity index is 4.08. The number of rotatable bonds is 2. The average Bonchev–Trinajstić information content (AvgIpc) is 2.25. The first-order valence-corrected chi connectivity index (χ1v) is 7.03. The van der Waals surface area contributed by atoms with Gasteiger partial charge in [0.2, 0.25) is 0 Å². The van der Waals surface area contributed by atoms with Crippen LogP contribution < -0.4 is 10.4 Å². The molecule has 0 bridgehead atoms. The Morgan fingerprint density at radius 1 is 1.33 bits per heavy atom. The van der Waals surface area contributed by atoms with E-state index in [1.165, 1.54) is 6.07 Å². The third kappa shape index (κ3) is 2.89. The van der Waals surface area contributed by atoms with Crippen LogP contribution in [0.1, 0.15) is 26.3 Å². The zero-order chi connectivity index (χ0) is 14.1. The maximum Gasteiger partial charge on any atom is 0.295 e. The summed E-state index contributed by atoms with van der Waals surface area (Å²) in [5.74, 6) is 0. The molecule has 1 aromatic rings. The molecule has 0 spiro atoms. The van der Waals surface area contributed by atoms with Crippen LogP contribution in [0.5, 0.6) is 0 Å². The normalized spacial score (nSPS) is 14.6. The summed E-state index contributed by atoms with van der Waals surface area (Å²) in [5.41, 5.74) is 2.56. The molecule has 0 saturated carbocycles. The van der Waals surface area contributed by atoms with Crippen molar-refractivity contribution in [2.75, 3.05) is 0 Å². The lowest BCUT2D eigenvalue weighted by atomic mass is 10.0. The van der Waals surface area contributed by atoms with Gasteiger partial charge in [-0.25, -0.2) is 0 Å². The van der Waals surface area contributed by atoms with Crippen LogP contribution >= 0.6 is 0 Å². The second-order valence-corrected chi connectivity index (χ2v) is 5.78. The van der Waals surface area contributed by atoms with Crippen molar-refractivity contribution in [3.63, 3.8) is 0 Å². The van der Waals surface area contributed by atoms with Crippen molar-refractivity contribution in [2.24, 2.45) is 0 Å². The van der Waals surface area contributed by atoms with E-state index in [1.807, 2.05) is 19.9 Å². The molecule has 0 aliphatic heterocycles. The predicted octanol–water partition coefficient (Wildman–Crippen LogP) is 1.79. The maximum atomic E-state index is 11.4. The molecule has 0 unspecified atom stereocenters. The van der Waals surface area contributed by atoms with E-state index in [0.717, 1.165) is 21.9 Å². The Bertz CT molecular complexity index is 710. The largest absolute Gasteiger partial charge is 0.295 e. The van der Waals surface area contributed by atoms with Gasteiger partial charge in [-0.3, -0.25) is 4.55 Å². The average molecular weight is 266 g/mol. The third-order valence-electron chi connectivity index (χ3n) is 2.90. The molecular formula is C14H18O3S. The van der Waals surface area contributed by atoms with E-state index in [2.05, 4.69) is 6.58 Å². The van der Waals surface area contributed by atoms with E-state index in [4.69, 9.17) is 0 Å². The fraction of sp³-hybridized carbons (Fsp3) is 0.286. The SMILES string of the molecule is C=C(C)/C(C)=c1/cc(C)cc(S(=O)(=O)O)/c1=C/C. The zero-order valence-electron chi connectivity index (χ0n) is 11.1. The number of benzene rings is 1. The minimum absolute atomic E-state index is 0.0550. The minimum atomic E-state index is -4.22. The summed E-state index contributed by atoms with van der Waals surface area (Å²) in [6.07, 6.45) is 1.68. The van der Waals surface area contributed by atoms with Gasteiger partial charge in [0.1, 0.15) is 4.90 Å². The molecule has 1 aromatic carbocycles. The summed E-state index contributed by atoms with van der Waals surface area (Å²) in [6.45, 7) is 11.2. The van der Waals surface area contributed by atoms with Crippen LogP contribution in [-0.2, 0) is 10.1 Å². The predicted molar refractivity (Wildman–Crippen MR) is 74.3 cm³/mol. The van der Waals surface area contributed by atoms with Gasteiger partial charge in [-0.2, -0.15) is 8.42 Å². The van der Waals surface area contributed by atoms with Crippen LogP contribution in [0.3, 0.4) is 0 Å². The highest BCUT2D eigenvalue weighted by Gasteiger charge is 2.13. The molecular weight excluding hydrogens is 248 g/mol. The molecule has 98 valence electrons. The summed E-state index contributed by atoms with van der Waals surface area (Å²) in [4.78, 5) is -0.0550. The Hall–Kier alpha value is -1.39. The summed E-state index contributed by atoms with van der Waals surface area (Å²) in [6, 6.07) is 3.37. The number of allylic oxidation sites excluding steroid dienone is 1. The second kappa shape index (κ2) is 5.08. The van der Waals surface area contributed by atoms with Gasteiger partial charge >= 0.3 is 0 Å². The van der Waals surface area contributed by atoms with Crippen molar-refractivity contribution in [2.45, 2.75) is 32.6 Å². The molecule has 18 heavy (non-hydrogen) atoms. The van der Waals surface area contributed by atoms with E-state index in [1.54, 1.807) is 19.9 Å². The summed E-state index contributed by atoms with van der Waals surface area (Å²) in [5, 5.41) is 1.31. The quantitative estimate of drug-likeness (QED) is 0.830. The standard InChI is InChI=1S/C14H18O3S/c1-6-12-13(11(5)9(2)3)7-10(4)8-14(12)18(15,16)17/h6-8H,2H2,1,3-5H3,(H,15,16,17)/b12-6+,13-11-. The molecule has 0 radical (unpaired) electrons. The van der Waals surface area contributed by atoms with E-state index >= 15 is 0 Å². The minimum Gasteiger partial charge on any atom is -0.282 e. The molecule has 4 heteroatoms. The summed E-state index contributed by atoms with van der Waals surface area (Å²) < 4.78 is 32.1. The van der Waals surface area contributed by atoms with Crippen molar-refractivity contribution >= 4 is 21.8 Å². The van der Waals surface area contributed by atoms with Gasteiger partial charge in [-0.1, -0.05) is 24.3 Å². The molecule has 0 fully saturated rings. The lowest BCUT2D eigenvalue weighted by Crippen LogP contribution is -2.32. The van der Waals surface area contributed by atoms with Gasteiger partial charge in [0, 0.05) is 0 Å². The molecule has 3 nitrogen and oxygen atoms in total. The Morgan fingerprint density at radius 2 is 1.89 bits per heavy atom. The molecule has 0 aliphatic carbocycles. The monoisotopic (exact) mass is 266 g/mol. The van der Waals surface area contributed by atoms with Crippen LogP contribution in [0.15, 0.2) is 29.2 Å². The second-order valence-electron chi connectivity index (χ2n) is 4.39. The van der Waals surface area contributed by atoms with Crippen LogP contribution in [0.4, 0.5) is 0 Å². The van der Waals surface area contributed by atoms with Gasteiger partial charge in [-0.05, 0) is 55.3 Å². The lowest BCUT2D eigenvalue weighted by Gasteiger charge is -2.06. The van der Waals surface area contributed by atoms with Crippen molar-refractivity contribution in [3.8, 4) is 0 Å². The summed E-state index contributed by atoms with van der Waals surface area (Å²) >= 11 is 0. The highest BCUT2D eigenvalue weighted by Crippen LogP contribution is 2.07. The van der Waals surface area contributed by atoms with Gasteiger partial charge in [0.15, 0.2) is 0 Å². The van der Waals surface area contributed by atoms with Crippen LogP contribution in [0.2, 0.25) is 0 Å². The number of aryl methyl sites for hydroxylation is 1. The van der Waals surface area contributed by atoms with Gasteiger partial charge in [0.25, 0.3) is 10.1 Å². The Morgan fingerprint density at radius 3 is 2.28 bits per heavy atom. The molecule has 0 atom stereocenters. The molecule has 1 rings (SSSR count). The lowest BCUT2D eigenvalue weighted by molar-refractivity contribution is 0.482. The molecule has 0 aromatic heterocycles. The van der Waals surface area contributed by atoms with Crippen LogP contribution in [0.25, 0.3) is 11.6 Å². The third-order valence-corrected chi connectivity index (χ3v) is 3.79. The smallest absolute Gasteiger partial charge is 0.282 e. The first-order chi connectivity index (χ1) is 8.18. The van der Waals surface area contributed by atoms with Crippen molar-refractivity contribution in [3.05, 3.63) is 40.3 Å². The molecule has 0 heterocycles. The van der Waals surface area contributed by atoms with Crippen LogP contribution in [-0.4, -0.2) is 13.0 Å². The Kier molecular flexibility index (Phi) is 4.14. The van der Waals surface area contributed by atoms with E-state index in [9.17, 15) is 13.0 Å². The Labute approximate surface area is 108 Å². The highest BCUT2D eigenvalue weighted by molar-refractivity contribution is 7.85. The molecule has 0 saturated heterocycles.